The fraction of sp³-hybridized carbons (Fsp3) is 0.316. The average molecular weight is 382 g/mol. The quantitative estimate of drug-likeness (QED) is 0.798. The largest absolute Gasteiger partial charge is 0.333 e. The Morgan fingerprint density at radius 2 is 1.72 bits per heavy atom. The molecule has 2 aromatic rings. The van der Waals surface area contributed by atoms with Crippen molar-refractivity contribution in [3.05, 3.63) is 70.2 Å². The standard InChI is InChI=1S/C19H24ClN3O.ClH/c1-22(2)10-11-23(14-16-4-3-5-18(20)12-16)19(24)17-8-6-15(13-21)7-9-17;/h3-9,12H,10-11,13-14,21H2,1-2H3;1H. The number of halogens is 2. The zero-order valence-electron chi connectivity index (χ0n) is 14.6. The molecule has 0 radical (unpaired) electrons. The lowest BCUT2D eigenvalue weighted by Crippen LogP contribution is -2.36. The molecule has 0 aliphatic heterocycles. The number of hydrogen-bond donors (Lipinski definition) is 1. The van der Waals surface area contributed by atoms with E-state index in [0.29, 0.717) is 30.2 Å². The predicted molar refractivity (Wildman–Crippen MR) is 106 cm³/mol. The van der Waals surface area contributed by atoms with Gasteiger partial charge in [0.25, 0.3) is 5.91 Å². The van der Waals surface area contributed by atoms with Crippen LogP contribution >= 0.6 is 24.0 Å². The predicted octanol–water partition coefficient (Wildman–Crippen LogP) is 3.42. The van der Waals surface area contributed by atoms with Crippen molar-refractivity contribution in [3.8, 4) is 0 Å². The molecule has 0 aromatic heterocycles. The molecule has 4 nitrogen and oxygen atoms in total. The number of rotatable bonds is 7. The van der Waals surface area contributed by atoms with Gasteiger partial charge in [-0.2, -0.15) is 0 Å². The van der Waals surface area contributed by atoms with Crippen LogP contribution in [0.1, 0.15) is 21.5 Å². The molecule has 0 saturated carbocycles. The van der Waals surface area contributed by atoms with Crippen molar-refractivity contribution in [1.82, 2.24) is 9.80 Å². The summed E-state index contributed by atoms with van der Waals surface area (Å²) in [5.41, 5.74) is 8.33. The molecule has 0 saturated heterocycles. The van der Waals surface area contributed by atoms with E-state index in [4.69, 9.17) is 17.3 Å². The second-order valence-corrected chi connectivity index (χ2v) is 6.50. The van der Waals surface area contributed by atoms with Crippen LogP contribution in [0.15, 0.2) is 48.5 Å². The second kappa shape index (κ2) is 10.4. The minimum absolute atomic E-state index is 0. The topological polar surface area (TPSA) is 49.6 Å². The minimum Gasteiger partial charge on any atom is -0.333 e. The van der Waals surface area contributed by atoms with E-state index < -0.39 is 0 Å². The lowest BCUT2D eigenvalue weighted by atomic mass is 10.1. The van der Waals surface area contributed by atoms with Gasteiger partial charge >= 0.3 is 0 Å². The first kappa shape index (κ1) is 21.5. The maximum atomic E-state index is 12.9. The monoisotopic (exact) mass is 381 g/mol. The molecule has 2 rings (SSSR count). The molecule has 0 unspecified atom stereocenters. The molecule has 0 aliphatic rings. The maximum absolute atomic E-state index is 12.9. The molecule has 0 bridgehead atoms. The van der Waals surface area contributed by atoms with Crippen molar-refractivity contribution in [2.75, 3.05) is 27.2 Å². The summed E-state index contributed by atoms with van der Waals surface area (Å²) in [4.78, 5) is 16.8. The van der Waals surface area contributed by atoms with Gasteiger partial charge in [0, 0.05) is 36.8 Å². The molecule has 0 atom stereocenters. The Balaban J connectivity index is 0.00000312. The first-order valence-corrected chi connectivity index (χ1v) is 8.35. The van der Waals surface area contributed by atoms with Gasteiger partial charge in [-0.3, -0.25) is 4.79 Å². The van der Waals surface area contributed by atoms with Crippen molar-refractivity contribution in [3.63, 3.8) is 0 Å². The molecule has 2 aromatic carbocycles. The molecule has 0 fully saturated rings. The lowest BCUT2D eigenvalue weighted by molar-refractivity contribution is 0.0732. The first-order valence-electron chi connectivity index (χ1n) is 7.97. The summed E-state index contributed by atoms with van der Waals surface area (Å²) in [6, 6.07) is 15.1. The number of nitrogens with zero attached hydrogens (tertiary/aromatic N) is 2. The van der Waals surface area contributed by atoms with Gasteiger partial charge in [-0.15, -0.1) is 12.4 Å². The van der Waals surface area contributed by atoms with Gasteiger partial charge in [-0.05, 0) is 49.5 Å². The smallest absolute Gasteiger partial charge is 0.254 e. The molecule has 0 aliphatic carbocycles. The van der Waals surface area contributed by atoms with Gasteiger partial charge in [0.05, 0.1) is 0 Å². The Bertz CT molecular complexity index is 675. The molecular weight excluding hydrogens is 357 g/mol. The fourth-order valence-electron chi connectivity index (χ4n) is 2.39. The van der Waals surface area contributed by atoms with Crippen LogP contribution in [0, 0.1) is 0 Å². The summed E-state index contributed by atoms with van der Waals surface area (Å²) in [7, 11) is 4.00. The number of hydrogen-bond acceptors (Lipinski definition) is 3. The highest BCUT2D eigenvalue weighted by Gasteiger charge is 2.16. The van der Waals surface area contributed by atoms with Gasteiger partial charge < -0.3 is 15.5 Å². The SMILES string of the molecule is CN(C)CCN(Cc1cccc(Cl)c1)C(=O)c1ccc(CN)cc1.Cl. The Morgan fingerprint density at radius 1 is 1.04 bits per heavy atom. The number of carbonyl (C=O) groups is 1. The summed E-state index contributed by atoms with van der Waals surface area (Å²) in [5.74, 6) is 0.0143. The number of nitrogens with two attached hydrogens (primary N) is 1. The Labute approximate surface area is 161 Å². The second-order valence-electron chi connectivity index (χ2n) is 6.06. The molecule has 136 valence electrons. The summed E-state index contributed by atoms with van der Waals surface area (Å²) < 4.78 is 0. The van der Waals surface area contributed by atoms with Crippen molar-refractivity contribution >= 4 is 29.9 Å². The van der Waals surface area contributed by atoms with E-state index in [1.54, 1.807) is 0 Å². The summed E-state index contributed by atoms with van der Waals surface area (Å²) in [6.07, 6.45) is 0. The highest BCUT2D eigenvalue weighted by molar-refractivity contribution is 6.30. The van der Waals surface area contributed by atoms with Gasteiger partial charge in [0.15, 0.2) is 0 Å². The van der Waals surface area contributed by atoms with E-state index in [9.17, 15) is 4.79 Å². The first-order chi connectivity index (χ1) is 11.5. The minimum atomic E-state index is 0. The third-order valence-electron chi connectivity index (χ3n) is 3.80. The van der Waals surface area contributed by atoms with Gasteiger partial charge in [-0.1, -0.05) is 35.9 Å². The highest BCUT2D eigenvalue weighted by atomic mass is 35.5. The van der Waals surface area contributed by atoms with Crippen molar-refractivity contribution in [1.29, 1.82) is 0 Å². The van der Waals surface area contributed by atoms with Crippen LogP contribution in [0.2, 0.25) is 5.02 Å². The molecule has 1 amide bonds. The van der Waals surface area contributed by atoms with E-state index >= 15 is 0 Å². The molecule has 6 heteroatoms. The van der Waals surface area contributed by atoms with Crippen molar-refractivity contribution in [2.24, 2.45) is 5.73 Å². The van der Waals surface area contributed by atoms with Crippen LogP contribution in [0.3, 0.4) is 0 Å². The number of carbonyl (C=O) groups excluding carboxylic acids is 1. The highest BCUT2D eigenvalue weighted by Crippen LogP contribution is 2.15. The third kappa shape index (κ3) is 6.67. The molecule has 0 spiro atoms. The van der Waals surface area contributed by atoms with E-state index in [0.717, 1.165) is 17.7 Å². The van der Waals surface area contributed by atoms with Crippen molar-refractivity contribution < 1.29 is 4.79 Å². The van der Waals surface area contributed by atoms with Crippen LogP contribution in [-0.2, 0) is 13.1 Å². The molecular formula is C19H25Cl2N3O. The van der Waals surface area contributed by atoms with E-state index in [2.05, 4.69) is 4.90 Å². The number of likely N-dealkylation sites (N-methyl/N-ethyl adjacent to an activating group) is 1. The molecule has 0 heterocycles. The summed E-state index contributed by atoms with van der Waals surface area (Å²) in [6.45, 7) is 2.46. The lowest BCUT2D eigenvalue weighted by Gasteiger charge is -2.25. The average Bonchev–Trinajstić information content (AvgIpc) is 2.58. The molecule has 25 heavy (non-hydrogen) atoms. The van der Waals surface area contributed by atoms with Gasteiger partial charge in [0.1, 0.15) is 0 Å². The van der Waals surface area contributed by atoms with Crippen LogP contribution in [0.25, 0.3) is 0 Å². The van der Waals surface area contributed by atoms with Crippen LogP contribution in [0.4, 0.5) is 0 Å². The number of benzene rings is 2. The van der Waals surface area contributed by atoms with Crippen LogP contribution in [-0.4, -0.2) is 42.9 Å². The third-order valence-corrected chi connectivity index (χ3v) is 4.04. The Hall–Kier alpha value is -1.59. The van der Waals surface area contributed by atoms with Gasteiger partial charge in [0.2, 0.25) is 0 Å². The normalized spacial score (nSPS) is 10.4. The zero-order valence-corrected chi connectivity index (χ0v) is 16.2. The van der Waals surface area contributed by atoms with E-state index in [1.807, 2.05) is 67.5 Å². The maximum Gasteiger partial charge on any atom is 0.254 e. The van der Waals surface area contributed by atoms with Crippen molar-refractivity contribution in [2.45, 2.75) is 13.1 Å². The fourth-order valence-corrected chi connectivity index (χ4v) is 2.61. The van der Waals surface area contributed by atoms with E-state index in [1.165, 1.54) is 0 Å². The van der Waals surface area contributed by atoms with Crippen LogP contribution in [0.5, 0.6) is 0 Å². The van der Waals surface area contributed by atoms with Crippen LogP contribution < -0.4 is 5.73 Å². The Morgan fingerprint density at radius 3 is 2.28 bits per heavy atom. The Kier molecular flexibility index (Phi) is 8.93. The summed E-state index contributed by atoms with van der Waals surface area (Å²) >= 11 is 6.06. The van der Waals surface area contributed by atoms with Gasteiger partial charge in [-0.25, -0.2) is 0 Å². The van der Waals surface area contributed by atoms with E-state index in [-0.39, 0.29) is 18.3 Å². The molecule has 2 N–H and O–H groups in total. The zero-order chi connectivity index (χ0) is 17.5. The summed E-state index contributed by atoms with van der Waals surface area (Å²) in [5, 5.41) is 0.680. The number of amides is 1.